The van der Waals surface area contributed by atoms with Crippen molar-refractivity contribution in [1.29, 1.82) is 0 Å². The Kier molecular flexibility index (Phi) is 3.79. The first-order valence-electron chi connectivity index (χ1n) is 7.65. The van der Waals surface area contributed by atoms with Gasteiger partial charge >= 0.3 is 6.09 Å². The van der Waals surface area contributed by atoms with Crippen LogP contribution < -0.4 is 5.32 Å². The molecular formula is C16H20N4O3. The number of anilines is 1. The number of nitrogens with one attached hydrogen (secondary N) is 1. The van der Waals surface area contributed by atoms with E-state index in [1.807, 2.05) is 26.8 Å². The maximum absolute atomic E-state index is 12.0. The molecule has 3 rings (SSSR count). The Balaban J connectivity index is 1.69. The van der Waals surface area contributed by atoms with E-state index in [4.69, 9.17) is 4.74 Å². The van der Waals surface area contributed by atoms with Crippen LogP contribution in [0.4, 0.5) is 10.6 Å². The topological polar surface area (TPSA) is 84.4 Å². The first-order valence-corrected chi connectivity index (χ1v) is 7.65. The Hall–Kier alpha value is -2.44. The summed E-state index contributed by atoms with van der Waals surface area (Å²) in [6.07, 6.45) is 4.31. The van der Waals surface area contributed by atoms with Gasteiger partial charge < -0.3 is 15.0 Å². The number of carbonyl (C=O) groups is 2. The van der Waals surface area contributed by atoms with E-state index in [0.717, 1.165) is 11.1 Å². The number of hydrogen-bond acceptors (Lipinski definition) is 5. The highest BCUT2D eigenvalue weighted by Crippen LogP contribution is 2.25. The summed E-state index contributed by atoms with van der Waals surface area (Å²) in [4.78, 5) is 33.8. The van der Waals surface area contributed by atoms with Gasteiger partial charge in [-0.1, -0.05) is 6.08 Å². The molecule has 2 aliphatic rings. The van der Waals surface area contributed by atoms with E-state index >= 15 is 0 Å². The molecule has 3 heterocycles. The lowest BCUT2D eigenvalue weighted by atomic mass is 10.1. The van der Waals surface area contributed by atoms with Crippen molar-refractivity contribution in [2.75, 3.05) is 18.4 Å². The van der Waals surface area contributed by atoms with Crippen molar-refractivity contribution in [2.24, 2.45) is 0 Å². The third-order valence-electron chi connectivity index (χ3n) is 3.62. The predicted molar refractivity (Wildman–Crippen MR) is 84.8 cm³/mol. The molecule has 0 aromatic carbocycles. The molecule has 1 N–H and O–H groups in total. The minimum absolute atomic E-state index is 0.0554. The summed E-state index contributed by atoms with van der Waals surface area (Å²) in [7, 11) is 0. The zero-order valence-corrected chi connectivity index (χ0v) is 13.5. The number of aromatic nitrogens is 2. The fraction of sp³-hybridized carbons (Fsp3) is 0.500. The van der Waals surface area contributed by atoms with Crippen LogP contribution in [0.3, 0.4) is 0 Å². The monoisotopic (exact) mass is 316 g/mol. The van der Waals surface area contributed by atoms with Gasteiger partial charge in [-0.3, -0.25) is 4.79 Å². The van der Waals surface area contributed by atoms with E-state index in [9.17, 15) is 9.59 Å². The van der Waals surface area contributed by atoms with E-state index < -0.39 is 5.60 Å². The lowest BCUT2D eigenvalue weighted by Crippen LogP contribution is -2.39. The Bertz CT molecular complexity index is 691. The van der Waals surface area contributed by atoms with Crippen LogP contribution in [0.1, 0.15) is 38.6 Å². The van der Waals surface area contributed by atoms with Gasteiger partial charge in [0.05, 0.1) is 6.42 Å². The fourth-order valence-corrected chi connectivity index (χ4v) is 2.51. The minimum atomic E-state index is -0.498. The van der Waals surface area contributed by atoms with Crippen LogP contribution in [0.5, 0.6) is 0 Å². The summed E-state index contributed by atoms with van der Waals surface area (Å²) in [6, 6.07) is 0. The van der Waals surface area contributed by atoms with Gasteiger partial charge in [0.2, 0.25) is 5.91 Å². The van der Waals surface area contributed by atoms with E-state index in [1.165, 1.54) is 0 Å². The molecule has 0 bridgehead atoms. The molecule has 1 aromatic heterocycles. The van der Waals surface area contributed by atoms with Crippen LogP contribution in [0.25, 0.3) is 5.57 Å². The quantitative estimate of drug-likeness (QED) is 0.856. The molecule has 0 saturated heterocycles. The predicted octanol–water partition coefficient (Wildman–Crippen LogP) is 2.00. The third kappa shape index (κ3) is 3.49. The maximum atomic E-state index is 12.0. The molecule has 23 heavy (non-hydrogen) atoms. The van der Waals surface area contributed by atoms with Crippen LogP contribution in [0.15, 0.2) is 12.3 Å². The Morgan fingerprint density at radius 1 is 1.39 bits per heavy atom. The molecule has 0 radical (unpaired) electrons. The molecule has 0 unspecified atom stereocenters. The maximum Gasteiger partial charge on any atom is 0.410 e. The van der Waals surface area contributed by atoms with Crippen molar-refractivity contribution >= 4 is 23.4 Å². The Labute approximate surface area is 134 Å². The highest BCUT2D eigenvalue weighted by molar-refractivity contribution is 5.97. The van der Waals surface area contributed by atoms with Gasteiger partial charge in [0.1, 0.15) is 11.4 Å². The number of carbonyl (C=O) groups excluding carboxylic acids is 2. The molecule has 1 aromatic rings. The second-order valence-electron chi connectivity index (χ2n) is 6.70. The highest BCUT2D eigenvalue weighted by atomic mass is 16.6. The first kappa shape index (κ1) is 15.5. The molecule has 7 nitrogen and oxygen atoms in total. The van der Waals surface area contributed by atoms with Crippen LogP contribution in [-0.2, 0) is 16.0 Å². The zero-order chi connectivity index (χ0) is 16.6. The van der Waals surface area contributed by atoms with E-state index in [-0.39, 0.29) is 12.0 Å². The summed E-state index contributed by atoms with van der Waals surface area (Å²) in [5, 5.41) is 2.73. The summed E-state index contributed by atoms with van der Waals surface area (Å²) in [5.41, 5.74) is 1.31. The second kappa shape index (κ2) is 5.64. The van der Waals surface area contributed by atoms with Crippen molar-refractivity contribution in [2.45, 2.75) is 39.2 Å². The van der Waals surface area contributed by atoms with Gasteiger partial charge in [-0.15, -0.1) is 0 Å². The number of hydrogen-bond donors (Lipinski definition) is 1. The van der Waals surface area contributed by atoms with Gasteiger partial charge in [0, 0.05) is 24.8 Å². The second-order valence-corrected chi connectivity index (χ2v) is 6.70. The molecule has 2 amide bonds. The molecule has 0 saturated carbocycles. The van der Waals surface area contributed by atoms with Crippen LogP contribution >= 0.6 is 0 Å². The molecule has 0 atom stereocenters. The number of fused-ring (bicyclic) bond motifs is 1. The molecule has 7 heteroatoms. The Morgan fingerprint density at radius 2 is 2.17 bits per heavy atom. The SMILES string of the molecule is CC(C)(C)OC(=O)N1CC=C(c2ncc3c(n2)NC(=O)C3)CC1. The minimum Gasteiger partial charge on any atom is -0.444 e. The van der Waals surface area contributed by atoms with Gasteiger partial charge in [-0.25, -0.2) is 14.8 Å². The summed E-state index contributed by atoms with van der Waals surface area (Å²) >= 11 is 0. The average Bonchev–Trinajstić information content (AvgIpc) is 2.84. The average molecular weight is 316 g/mol. The molecule has 0 fully saturated rings. The van der Waals surface area contributed by atoms with Crippen LogP contribution in [-0.4, -0.2) is 45.6 Å². The van der Waals surface area contributed by atoms with Gasteiger partial charge in [0.15, 0.2) is 5.82 Å². The lowest BCUT2D eigenvalue weighted by molar-refractivity contribution is -0.115. The van der Waals surface area contributed by atoms with Crippen molar-refractivity contribution in [3.8, 4) is 0 Å². The highest BCUT2D eigenvalue weighted by Gasteiger charge is 2.25. The number of ether oxygens (including phenoxy) is 1. The molecule has 0 spiro atoms. The van der Waals surface area contributed by atoms with Crippen molar-refractivity contribution in [3.05, 3.63) is 23.7 Å². The fourth-order valence-electron chi connectivity index (χ4n) is 2.51. The number of rotatable bonds is 1. The van der Waals surface area contributed by atoms with Crippen LogP contribution in [0.2, 0.25) is 0 Å². The standard InChI is InChI=1S/C16H20N4O3/c1-16(2,3)23-15(22)20-6-4-10(5-7-20)13-17-9-11-8-12(21)18-14(11)19-13/h4,9H,5-8H2,1-3H3,(H,17,18,19,21). The molecular weight excluding hydrogens is 296 g/mol. The van der Waals surface area contributed by atoms with E-state index in [0.29, 0.717) is 37.6 Å². The van der Waals surface area contributed by atoms with Gasteiger partial charge in [-0.05, 0) is 32.8 Å². The normalized spacial score (nSPS) is 17.4. The van der Waals surface area contributed by atoms with E-state index in [1.54, 1.807) is 11.1 Å². The third-order valence-corrected chi connectivity index (χ3v) is 3.62. The summed E-state index contributed by atoms with van der Waals surface area (Å²) in [5.74, 6) is 1.14. The summed E-state index contributed by atoms with van der Waals surface area (Å²) in [6.45, 7) is 6.58. The number of amides is 2. The lowest BCUT2D eigenvalue weighted by Gasteiger charge is -2.29. The van der Waals surface area contributed by atoms with Gasteiger partial charge in [-0.2, -0.15) is 0 Å². The largest absolute Gasteiger partial charge is 0.444 e. The Morgan fingerprint density at radius 3 is 2.83 bits per heavy atom. The molecule has 2 aliphatic heterocycles. The molecule has 0 aliphatic carbocycles. The first-order chi connectivity index (χ1) is 10.8. The molecule has 122 valence electrons. The van der Waals surface area contributed by atoms with Crippen molar-refractivity contribution in [1.82, 2.24) is 14.9 Å². The smallest absolute Gasteiger partial charge is 0.410 e. The zero-order valence-electron chi connectivity index (χ0n) is 13.5. The van der Waals surface area contributed by atoms with Crippen LogP contribution in [0, 0.1) is 0 Å². The summed E-state index contributed by atoms with van der Waals surface area (Å²) < 4.78 is 5.37. The van der Waals surface area contributed by atoms with Crippen molar-refractivity contribution < 1.29 is 14.3 Å². The van der Waals surface area contributed by atoms with Gasteiger partial charge in [0.25, 0.3) is 0 Å². The van der Waals surface area contributed by atoms with Crippen molar-refractivity contribution in [3.63, 3.8) is 0 Å². The van der Waals surface area contributed by atoms with E-state index in [2.05, 4.69) is 15.3 Å². The number of nitrogens with zero attached hydrogens (tertiary/aromatic N) is 3.